The lowest BCUT2D eigenvalue weighted by molar-refractivity contribution is 0.0906. The minimum Gasteiger partial charge on any atom is -0.376 e. The summed E-state index contributed by atoms with van der Waals surface area (Å²) in [6, 6.07) is 0. The van der Waals surface area contributed by atoms with Gasteiger partial charge >= 0.3 is 0 Å². The van der Waals surface area contributed by atoms with Gasteiger partial charge in [-0.05, 0) is 37.8 Å². The van der Waals surface area contributed by atoms with E-state index >= 15 is 0 Å². The molecule has 0 aromatic heterocycles. The van der Waals surface area contributed by atoms with Crippen molar-refractivity contribution in [2.45, 2.75) is 25.4 Å². The average molecular weight is 170 g/mol. The fraction of sp³-hybridized carbons (Fsp3) is 1.00. The van der Waals surface area contributed by atoms with Crippen LogP contribution in [0, 0.1) is 5.41 Å². The highest BCUT2D eigenvalue weighted by Crippen LogP contribution is 2.39. The van der Waals surface area contributed by atoms with Gasteiger partial charge in [-0.25, -0.2) is 0 Å². The number of rotatable bonds is 1. The molecule has 1 spiro atoms. The first kappa shape index (κ1) is 8.48. The normalized spacial score (nSPS) is 34.2. The summed E-state index contributed by atoms with van der Waals surface area (Å²) in [7, 11) is 0. The number of nitrogens with two attached hydrogens (primary N) is 1. The van der Waals surface area contributed by atoms with Gasteiger partial charge in [0, 0.05) is 6.54 Å². The Bertz CT molecular complexity index is 155. The Kier molecular flexibility index (Phi) is 2.35. The molecule has 2 aliphatic heterocycles. The van der Waals surface area contributed by atoms with Gasteiger partial charge < -0.3 is 15.8 Å². The largest absolute Gasteiger partial charge is 0.376 e. The van der Waals surface area contributed by atoms with Gasteiger partial charge in [-0.15, -0.1) is 0 Å². The van der Waals surface area contributed by atoms with Gasteiger partial charge in [0.2, 0.25) is 0 Å². The molecule has 0 aromatic carbocycles. The van der Waals surface area contributed by atoms with Gasteiger partial charge in [0.1, 0.15) is 0 Å². The van der Waals surface area contributed by atoms with Crippen molar-refractivity contribution in [2.75, 3.05) is 26.2 Å². The third-order valence-electron chi connectivity index (χ3n) is 3.21. The van der Waals surface area contributed by atoms with Crippen LogP contribution in [0.3, 0.4) is 0 Å². The molecule has 1 atom stereocenters. The highest BCUT2D eigenvalue weighted by molar-refractivity contribution is 4.91. The van der Waals surface area contributed by atoms with Crippen molar-refractivity contribution in [2.24, 2.45) is 11.1 Å². The third kappa shape index (κ3) is 1.49. The van der Waals surface area contributed by atoms with Gasteiger partial charge in [-0.1, -0.05) is 0 Å². The zero-order chi connectivity index (χ0) is 8.44. The van der Waals surface area contributed by atoms with Crippen molar-refractivity contribution < 1.29 is 4.74 Å². The molecule has 0 amide bonds. The van der Waals surface area contributed by atoms with E-state index in [1.807, 2.05) is 0 Å². The van der Waals surface area contributed by atoms with Crippen LogP contribution < -0.4 is 11.1 Å². The number of hydrogen-bond donors (Lipinski definition) is 2. The number of piperidine rings is 1. The average Bonchev–Trinajstić information content (AvgIpc) is 2.50. The first-order valence-corrected chi connectivity index (χ1v) is 4.87. The number of hydrogen-bond acceptors (Lipinski definition) is 3. The van der Waals surface area contributed by atoms with Crippen LogP contribution in [-0.2, 0) is 4.74 Å². The Labute approximate surface area is 73.7 Å². The zero-order valence-electron chi connectivity index (χ0n) is 7.51. The lowest BCUT2D eigenvalue weighted by Gasteiger charge is -2.32. The molecule has 0 saturated carbocycles. The molecule has 3 nitrogen and oxygen atoms in total. The molecule has 3 N–H and O–H groups in total. The standard InChI is InChI=1S/C9H18N2O/c10-6-8-5-9(7-12-8)1-3-11-4-2-9/h8,11H,1-7,10H2/t8-/m0/s1. The van der Waals surface area contributed by atoms with Crippen molar-refractivity contribution >= 4 is 0 Å². The number of ether oxygens (including phenoxy) is 1. The van der Waals surface area contributed by atoms with E-state index in [9.17, 15) is 0 Å². The first-order chi connectivity index (χ1) is 5.85. The van der Waals surface area contributed by atoms with Crippen LogP contribution in [0.15, 0.2) is 0 Å². The molecule has 2 aliphatic rings. The molecular weight excluding hydrogens is 152 g/mol. The monoisotopic (exact) mass is 170 g/mol. The van der Waals surface area contributed by atoms with Crippen LogP contribution in [0.4, 0.5) is 0 Å². The van der Waals surface area contributed by atoms with Crippen molar-refractivity contribution in [1.82, 2.24) is 5.32 Å². The van der Waals surface area contributed by atoms with Crippen LogP contribution in [0.5, 0.6) is 0 Å². The second-order valence-corrected chi connectivity index (χ2v) is 4.12. The van der Waals surface area contributed by atoms with Gasteiger partial charge in [0.25, 0.3) is 0 Å². The highest BCUT2D eigenvalue weighted by atomic mass is 16.5. The van der Waals surface area contributed by atoms with Gasteiger partial charge in [0.15, 0.2) is 0 Å². The van der Waals surface area contributed by atoms with Gasteiger partial charge in [-0.2, -0.15) is 0 Å². The second kappa shape index (κ2) is 3.32. The predicted molar refractivity (Wildman–Crippen MR) is 47.9 cm³/mol. The van der Waals surface area contributed by atoms with Crippen LogP contribution >= 0.6 is 0 Å². The van der Waals surface area contributed by atoms with Crippen molar-refractivity contribution in [3.63, 3.8) is 0 Å². The first-order valence-electron chi connectivity index (χ1n) is 4.87. The Hall–Kier alpha value is -0.120. The maximum atomic E-state index is 5.64. The summed E-state index contributed by atoms with van der Waals surface area (Å²) in [5.41, 5.74) is 6.06. The number of nitrogens with one attached hydrogen (secondary N) is 1. The lowest BCUT2D eigenvalue weighted by Crippen LogP contribution is -2.37. The Balaban J connectivity index is 1.94. The van der Waals surface area contributed by atoms with E-state index in [0.29, 0.717) is 18.1 Å². The molecule has 12 heavy (non-hydrogen) atoms. The molecule has 0 unspecified atom stereocenters. The second-order valence-electron chi connectivity index (χ2n) is 4.12. The van der Waals surface area contributed by atoms with E-state index in [1.165, 1.54) is 19.3 Å². The minimum atomic E-state index is 0.336. The van der Waals surface area contributed by atoms with E-state index in [-0.39, 0.29) is 0 Å². The molecule has 2 fully saturated rings. The molecule has 0 bridgehead atoms. The third-order valence-corrected chi connectivity index (χ3v) is 3.21. The molecule has 0 aliphatic carbocycles. The van der Waals surface area contributed by atoms with Gasteiger partial charge in [0.05, 0.1) is 12.7 Å². The minimum absolute atomic E-state index is 0.336. The Morgan fingerprint density at radius 1 is 1.42 bits per heavy atom. The summed E-state index contributed by atoms with van der Waals surface area (Å²) in [5.74, 6) is 0. The van der Waals surface area contributed by atoms with Crippen LogP contribution in [0.2, 0.25) is 0 Å². The zero-order valence-corrected chi connectivity index (χ0v) is 7.51. The van der Waals surface area contributed by atoms with Crippen molar-refractivity contribution in [3.05, 3.63) is 0 Å². The van der Waals surface area contributed by atoms with E-state index in [4.69, 9.17) is 10.5 Å². The van der Waals surface area contributed by atoms with Crippen LogP contribution in [0.1, 0.15) is 19.3 Å². The predicted octanol–water partition coefficient (Wildman–Crippen LogP) is 0.104. The van der Waals surface area contributed by atoms with E-state index < -0.39 is 0 Å². The lowest BCUT2D eigenvalue weighted by atomic mass is 9.77. The van der Waals surface area contributed by atoms with Gasteiger partial charge in [-0.3, -0.25) is 0 Å². The maximum Gasteiger partial charge on any atom is 0.0703 e. The van der Waals surface area contributed by atoms with Crippen molar-refractivity contribution in [1.29, 1.82) is 0 Å². The molecular formula is C9H18N2O. The van der Waals surface area contributed by atoms with E-state index in [1.54, 1.807) is 0 Å². The summed E-state index contributed by atoms with van der Waals surface area (Å²) in [5, 5.41) is 3.38. The Morgan fingerprint density at radius 2 is 2.17 bits per heavy atom. The molecule has 2 saturated heterocycles. The molecule has 0 aromatic rings. The van der Waals surface area contributed by atoms with E-state index in [0.717, 1.165) is 19.7 Å². The fourth-order valence-corrected chi connectivity index (χ4v) is 2.35. The molecule has 70 valence electrons. The van der Waals surface area contributed by atoms with Crippen LogP contribution in [-0.4, -0.2) is 32.3 Å². The quantitative estimate of drug-likeness (QED) is 0.587. The summed E-state index contributed by atoms with van der Waals surface area (Å²) in [6.45, 7) is 3.94. The summed E-state index contributed by atoms with van der Waals surface area (Å²) in [6.07, 6.45) is 4.06. The Morgan fingerprint density at radius 3 is 2.75 bits per heavy atom. The SMILES string of the molecule is NC[C@@H]1CC2(CCNCC2)CO1. The molecule has 2 heterocycles. The summed E-state index contributed by atoms with van der Waals surface area (Å²) < 4.78 is 5.64. The van der Waals surface area contributed by atoms with E-state index in [2.05, 4.69) is 5.32 Å². The molecule has 0 radical (unpaired) electrons. The maximum absolute atomic E-state index is 5.64. The topological polar surface area (TPSA) is 47.3 Å². The fourth-order valence-electron chi connectivity index (χ4n) is 2.35. The molecule has 3 heteroatoms. The highest BCUT2D eigenvalue weighted by Gasteiger charge is 2.40. The summed E-state index contributed by atoms with van der Waals surface area (Å²) >= 11 is 0. The van der Waals surface area contributed by atoms with Crippen LogP contribution in [0.25, 0.3) is 0 Å². The van der Waals surface area contributed by atoms with Crippen molar-refractivity contribution in [3.8, 4) is 0 Å². The smallest absolute Gasteiger partial charge is 0.0703 e. The summed E-state index contributed by atoms with van der Waals surface area (Å²) in [4.78, 5) is 0. The molecule has 2 rings (SSSR count).